The summed E-state index contributed by atoms with van der Waals surface area (Å²) in [6.07, 6.45) is 5.25. The summed E-state index contributed by atoms with van der Waals surface area (Å²) < 4.78 is 0. The first-order chi connectivity index (χ1) is 12.1. The predicted octanol–water partition coefficient (Wildman–Crippen LogP) is -0.0305. The summed E-state index contributed by atoms with van der Waals surface area (Å²) in [5, 5.41) is 0. The van der Waals surface area contributed by atoms with E-state index < -0.39 is 0 Å². The van der Waals surface area contributed by atoms with Crippen LogP contribution in [0.25, 0.3) is 0 Å². The molecule has 0 atom stereocenters. The first-order valence-corrected chi connectivity index (χ1v) is 8.19. The van der Waals surface area contributed by atoms with Gasteiger partial charge in [0.1, 0.15) is 0 Å². The van der Waals surface area contributed by atoms with E-state index in [2.05, 4.69) is 34.7 Å². The number of guanidine groups is 1. The van der Waals surface area contributed by atoms with Crippen molar-refractivity contribution in [2.45, 2.75) is 6.54 Å². The third-order valence-corrected chi connectivity index (χ3v) is 3.94. The molecule has 0 aromatic carbocycles. The molecule has 2 aromatic heterocycles. The summed E-state index contributed by atoms with van der Waals surface area (Å²) in [6, 6.07) is 3.67. The summed E-state index contributed by atoms with van der Waals surface area (Å²) in [5.41, 5.74) is 7.00. The van der Waals surface area contributed by atoms with E-state index in [-0.39, 0.29) is 0 Å². The molecule has 0 unspecified atom stereocenters. The molecule has 132 valence electrons. The van der Waals surface area contributed by atoms with Crippen molar-refractivity contribution in [1.82, 2.24) is 24.8 Å². The topological polar surface area (TPSA) is 99.7 Å². The SMILES string of the molecule is CN(C)c1nccc(CN=C(N)N2CCN(c3ncccn3)CC2)n1. The van der Waals surface area contributed by atoms with Gasteiger partial charge in [-0.15, -0.1) is 0 Å². The van der Waals surface area contributed by atoms with Gasteiger partial charge in [0.2, 0.25) is 11.9 Å². The summed E-state index contributed by atoms with van der Waals surface area (Å²) in [6.45, 7) is 3.66. The second-order valence-electron chi connectivity index (χ2n) is 5.94. The number of hydrogen-bond donors (Lipinski definition) is 1. The fraction of sp³-hybridized carbons (Fsp3) is 0.438. The highest BCUT2D eigenvalue weighted by molar-refractivity contribution is 5.78. The van der Waals surface area contributed by atoms with Gasteiger partial charge >= 0.3 is 0 Å². The van der Waals surface area contributed by atoms with Crippen LogP contribution in [-0.4, -0.2) is 71.1 Å². The molecule has 9 nitrogen and oxygen atoms in total. The number of rotatable bonds is 4. The van der Waals surface area contributed by atoms with Gasteiger partial charge in [-0.05, 0) is 12.1 Å². The Balaban J connectivity index is 1.56. The molecule has 0 aliphatic carbocycles. The van der Waals surface area contributed by atoms with Crippen LogP contribution in [0, 0.1) is 0 Å². The molecule has 0 amide bonds. The lowest BCUT2D eigenvalue weighted by Gasteiger charge is -2.35. The van der Waals surface area contributed by atoms with Gasteiger partial charge in [-0.2, -0.15) is 0 Å². The van der Waals surface area contributed by atoms with Crippen LogP contribution in [-0.2, 0) is 6.54 Å². The van der Waals surface area contributed by atoms with Gasteiger partial charge in [0.05, 0.1) is 12.2 Å². The van der Waals surface area contributed by atoms with Gasteiger partial charge in [0.15, 0.2) is 5.96 Å². The van der Waals surface area contributed by atoms with Crippen molar-refractivity contribution in [2.24, 2.45) is 10.7 Å². The molecule has 3 heterocycles. The Morgan fingerprint density at radius 2 is 1.84 bits per heavy atom. The zero-order chi connectivity index (χ0) is 17.6. The second-order valence-corrected chi connectivity index (χ2v) is 5.94. The number of anilines is 2. The number of nitrogens with two attached hydrogens (primary N) is 1. The van der Waals surface area contributed by atoms with Crippen LogP contribution in [0.2, 0.25) is 0 Å². The highest BCUT2D eigenvalue weighted by Gasteiger charge is 2.19. The van der Waals surface area contributed by atoms with E-state index in [1.165, 1.54) is 0 Å². The van der Waals surface area contributed by atoms with Crippen LogP contribution in [0.1, 0.15) is 5.69 Å². The largest absolute Gasteiger partial charge is 0.370 e. The Morgan fingerprint density at radius 3 is 2.52 bits per heavy atom. The monoisotopic (exact) mass is 341 g/mol. The van der Waals surface area contributed by atoms with Crippen molar-refractivity contribution >= 4 is 17.9 Å². The number of hydrogen-bond acceptors (Lipinski definition) is 7. The van der Waals surface area contributed by atoms with Crippen LogP contribution < -0.4 is 15.5 Å². The Morgan fingerprint density at radius 1 is 1.12 bits per heavy atom. The van der Waals surface area contributed by atoms with Crippen LogP contribution in [0.4, 0.5) is 11.9 Å². The van der Waals surface area contributed by atoms with E-state index in [1.807, 2.05) is 31.1 Å². The van der Waals surface area contributed by atoms with Crippen LogP contribution >= 0.6 is 0 Å². The van der Waals surface area contributed by atoms with Gasteiger partial charge in [-0.3, -0.25) is 0 Å². The minimum absolute atomic E-state index is 0.442. The number of aliphatic imine (C=N–C) groups is 1. The molecule has 1 fully saturated rings. The van der Waals surface area contributed by atoms with Crippen molar-refractivity contribution < 1.29 is 0 Å². The van der Waals surface area contributed by atoms with E-state index in [0.29, 0.717) is 18.5 Å². The minimum atomic E-state index is 0.442. The van der Waals surface area contributed by atoms with E-state index in [9.17, 15) is 0 Å². The zero-order valence-corrected chi connectivity index (χ0v) is 14.6. The molecule has 1 aliphatic heterocycles. The quantitative estimate of drug-likeness (QED) is 0.611. The van der Waals surface area contributed by atoms with Gasteiger partial charge in [0.25, 0.3) is 0 Å². The van der Waals surface area contributed by atoms with E-state index in [0.717, 1.165) is 37.8 Å². The lowest BCUT2D eigenvalue weighted by Crippen LogP contribution is -2.51. The number of aromatic nitrogens is 4. The van der Waals surface area contributed by atoms with Crippen LogP contribution in [0.3, 0.4) is 0 Å². The Hall–Kier alpha value is -2.97. The van der Waals surface area contributed by atoms with Gasteiger partial charge in [-0.25, -0.2) is 24.9 Å². The van der Waals surface area contributed by atoms with Crippen molar-refractivity contribution in [3.63, 3.8) is 0 Å². The summed E-state index contributed by atoms with van der Waals surface area (Å²) in [7, 11) is 3.82. The zero-order valence-electron chi connectivity index (χ0n) is 14.6. The summed E-state index contributed by atoms with van der Waals surface area (Å²) >= 11 is 0. The first-order valence-electron chi connectivity index (χ1n) is 8.19. The summed E-state index contributed by atoms with van der Waals surface area (Å²) in [5.74, 6) is 1.97. The summed E-state index contributed by atoms with van der Waals surface area (Å²) in [4.78, 5) is 27.8. The normalized spacial score (nSPS) is 15.4. The van der Waals surface area contributed by atoms with Crippen LogP contribution in [0.5, 0.6) is 0 Å². The fourth-order valence-corrected chi connectivity index (χ4v) is 2.54. The Bertz CT molecular complexity index is 709. The molecular formula is C16H23N9. The van der Waals surface area contributed by atoms with Gasteiger partial charge < -0.3 is 20.4 Å². The van der Waals surface area contributed by atoms with Crippen LogP contribution in [0.15, 0.2) is 35.7 Å². The molecule has 25 heavy (non-hydrogen) atoms. The van der Waals surface area contributed by atoms with Crippen molar-refractivity contribution in [3.05, 3.63) is 36.4 Å². The molecule has 1 saturated heterocycles. The lowest BCUT2D eigenvalue weighted by molar-refractivity contribution is 0.378. The van der Waals surface area contributed by atoms with E-state index in [4.69, 9.17) is 5.73 Å². The highest BCUT2D eigenvalue weighted by Crippen LogP contribution is 2.10. The second kappa shape index (κ2) is 7.73. The van der Waals surface area contributed by atoms with Crippen molar-refractivity contribution in [3.8, 4) is 0 Å². The molecule has 0 spiro atoms. The lowest BCUT2D eigenvalue weighted by atomic mass is 10.3. The molecule has 2 N–H and O–H groups in total. The molecule has 1 aliphatic rings. The molecule has 2 aromatic rings. The Labute approximate surface area is 147 Å². The molecule has 0 radical (unpaired) electrons. The smallest absolute Gasteiger partial charge is 0.225 e. The molecule has 0 saturated carbocycles. The number of piperazine rings is 1. The molecule has 9 heteroatoms. The van der Waals surface area contributed by atoms with Crippen molar-refractivity contribution in [2.75, 3.05) is 50.1 Å². The maximum atomic E-state index is 6.15. The van der Waals surface area contributed by atoms with E-state index in [1.54, 1.807) is 18.6 Å². The Kier molecular flexibility index (Phi) is 5.22. The average Bonchev–Trinajstić information content (AvgIpc) is 2.67. The minimum Gasteiger partial charge on any atom is -0.370 e. The van der Waals surface area contributed by atoms with E-state index >= 15 is 0 Å². The third-order valence-electron chi connectivity index (χ3n) is 3.94. The van der Waals surface area contributed by atoms with Gasteiger partial charge in [0, 0.05) is 58.9 Å². The predicted molar refractivity (Wildman–Crippen MR) is 97.5 cm³/mol. The molecule has 0 bridgehead atoms. The first kappa shape index (κ1) is 16.9. The standard InChI is InChI=1S/C16H23N9/c1-23(2)16-20-7-4-13(22-16)12-21-14(17)24-8-10-25(11-9-24)15-18-5-3-6-19-15/h3-7H,8-12H2,1-2H3,(H2,17,21). The van der Waals surface area contributed by atoms with Crippen molar-refractivity contribution in [1.29, 1.82) is 0 Å². The molecular weight excluding hydrogens is 318 g/mol. The molecule has 3 rings (SSSR count). The number of nitrogens with zero attached hydrogens (tertiary/aromatic N) is 8. The maximum Gasteiger partial charge on any atom is 0.225 e. The average molecular weight is 341 g/mol. The third kappa shape index (κ3) is 4.31. The highest BCUT2D eigenvalue weighted by atomic mass is 15.4. The maximum absolute atomic E-state index is 6.15. The fourth-order valence-electron chi connectivity index (χ4n) is 2.54. The van der Waals surface area contributed by atoms with Gasteiger partial charge in [-0.1, -0.05) is 0 Å².